The van der Waals surface area contributed by atoms with Crippen molar-refractivity contribution < 1.29 is 9.53 Å². The molecule has 1 aliphatic heterocycles. The number of hydrogen-bond acceptors (Lipinski definition) is 5. The zero-order valence-electron chi connectivity index (χ0n) is 15.0. The summed E-state index contributed by atoms with van der Waals surface area (Å²) in [6, 6.07) is 17.4. The van der Waals surface area contributed by atoms with E-state index in [2.05, 4.69) is 15.3 Å². The molecule has 5 rings (SSSR count). The maximum Gasteiger partial charge on any atom is 0.251 e. The van der Waals surface area contributed by atoms with Crippen LogP contribution in [0.1, 0.15) is 28.4 Å². The normalized spacial score (nSPS) is 15.6. The van der Waals surface area contributed by atoms with Crippen LogP contribution in [-0.4, -0.2) is 22.5 Å². The Balaban J connectivity index is 1.41. The number of carbonyl (C=O) groups excluding carboxylic acids is 1. The van der Waals surface area contributed by atoms with E-state index in [9.17, 15) is 4.79 Å². The molecule has 0 bridgehead atoms. The minimum Gasteiger partial charge on any atom is -0.493 e. The number of aromatic nitrogens is 2. The van der Waals surface area contributed by atoms with E-state index in [1.807, 2.05) is 54.6 Å². The highest BCUT2D eigenvalue weighted by atomic mass is 32.1. The van der Waals surface area contributed by atoms with E-state index in [1.54, 1.807) is 23.7 Å². The molecule has 0 fully saturated rings. The van der Waals surface area contributed by atoms with Gasteiger partial charge >= 0.3 is 0 Å². The van der Waals surface area contributed by atoms with Crippen LogP contribution in [0, 0.1) is 0 Å². The van der Waals surface area contributed by atoms with Crippen LogP contribution in [-0.2, 0) is 0 Å². The average Bonchev–Trinajstić information content (AvgIpc) is 3.18. The maximum atomic E-state index is 12.9. The van der Waals surface area contributed by atoms with Gasteiger partial charge in [-0.2, -0.15) is 0 Å². The van der Waals surface area contributed by atoms with Gasteiger partial charge in [-0.05, 0) is 36.4 Å². The third kappa shape index (κ3) is 3.12. The fraction of sp³-hybridized carbons (Fsp3) is 0.136. The fourth-order valence-electron chi connectivity index (χ4n) is 3.41. The summed E-state index contributed by atoms with van der Waals surface area (Å²) in [6.07, 6.45) is 4.30. The highest BCUT2D eigenvalue weighted by Gasteiger charge is 2.23. The molecule has 3 heterocycles. The van der Waals surface area contributed by atoms with Crippen molar-refractivity contribution in [2.24, 2.45) is 0 Å². The number of hydrogen-bond donors (Lipinski definition) is 1. The van der Waals surface area contributed by atoms with Crippen molar-refractivity contribution in [2.45, 2.75) is 12.5 Å². The molecule has 4 aromatic rings. The summed E-state index contributed by atoms with van der Waals surface area (Å²) >= 11 is 1.60. The predicted octanol–water partition coefficient (Wildman–Crippen LogP) is 4.61. The number of fused-ring (bicyclic) bond motifs is 2. The highest BCUT2D eigenvalue weighted by Crippen LogP contribution is 2.33. The Labute approximate surface area is 166 Å². The Hall–Kier alpha value is -3.25. The molecule has 0 unspecified atom stereocenters. The molecule has 2 aromatic carbocycles. The van der Waals surface area contributed by atoms with Crippen LogP contribution in [0.3, 0.4) is 0 Å². The van der Waals surface area contributed by atoms with E-state index < -0.39 is 0 Å². The van der Waals surface area contributed by atoms with E-state index >= 15 is 0 Å². The largest absolute Gasteiger partial charge is 0.493 e. The predicted molar refractivity (Wildman–Crippen MR) is 110 cm³/mol. The number of nitrogens with one attached hydrogen (secondary N) is 1. The van der Waals surface area contributed by atoms with Crippen LogP contribution < -0.4 is 10.1 Å². The van der Waals surface area contributed by atoms with Gasteiger partial charge in [-0.15, -0.1) is 11.3 Å². The molecule has 0 saturated heterocycles. The first-order valence-electron chi connectivity index (χ1n) is 9.11. The summed E-state index contributed by atoms with van der Waals surface area (Å²) in [5.74, 6) is 0.745. The van der Waals surface area contributed by atoms with Gasteiger partial charge in [-0.25, -0.2) is 4.98 Å². The van der Waals surface area contributed by atoms with Crippen molar-refractivity contribution in [1.82, 2.24) is 15.3 Å². The Kier molecular flexibility index (Phi) is 4.25. The summed E-state index contributed by atoms with van der Waals surface area (Å²) in [5, 5.41) is 4.04. The van der Waals surface area contributed by atoms with Gasteiger partial charge in [0.25, 0.3) is 5.91 Å². The highest BCUT2D eigenvalue weighted by molar-refractivity contribution is 7.21. The minimum absolute atomic E-state index is 0.0467. The first-order valence-corrected chi connectivity index (χ1v) is 9.93. The quantitative estimate of drug-likeness (QED) is 0.557. The van der Waals surface area contributed by atoms with Gasteiger partial charge in [-0.3, -0.25) is 9.78 Å². The molecular weight excluding hydrogens is 370 g/mol. The topological polar surface area (TPSA) is 64.1 Å². The SMILES string of the molecule is O=C(N[C@H]1CCOc2ccccc21)c1ccc2sc(-c3cccnc3)nc2c1. The molecule has 1 N–H and O–H groups in total. The van der Waals surface area contributed by atoms with Crippen molar-refractivity contribution in [3.8, 4) is 16.3 Å². The van der Waals surface area contributed by atoms with Gasteiger partial charge in [0, 0.05) is 35.5 Å². The van der Waals surface area contributed by atoms with Gasteiger partial charge < -0.3 is 10.1 Å². The molecule has 5 nitrogen and oxygen atoms in total. The lowest BCUT2D eigenvalue weighted by molar-refractivity contribution is 0.0925. The first kappa shape index (κ1) is 16.9. The fourth-order valence-corrected chi connectivity index (χ4v) is 4.35. The molecule has 0 saturated carbocycles. The second-order valence-electron chi connectivity index (χ2n) is 6.64. The van der Waals surface area contributed by atoms with E-state index in [4.69, 9.17) is 4.74 Å². The number of thiazole rings is 1. The first-order chi connectivity index (χ1) is 13.8. The average molecular weight is 387 g/mol. The lowest BCUT2D eigenvalue weighted by atomic mass is 10.00. The van der Waals surface area contributed by atoms with Crippen LogP contribution in [0.25, 0.3) is 20.8 Å². The van der Waals surface area contributed by atoms with E-state index in [1.165, 1.54) is 0 Å². The van der Waals surface area contributed by atoms with Crippen molar-refractivity contribution in [1.29, 1.82) is 0 Å². The second kappa shape index (κ2) is 7.05. The van der Waals surface area contributed by atoms with E-state index in [0.29, 0.717) is 12.2 Å². The number of nitrogens with zero attached hydrogens (tertiary/aromatic N) is 2. The zero-order valence-corrected chi connectivity index (χ0v) is 15.8. The molecular formula is C22H17N3O2S. The van der Waals surface area contributed by atoms with Crippen LogP contribution in [0.5, 0.6) is 5.75 Å². The number of ether oxygens (including phenoxy) is 1. The lowest BCUT2D eigenvalue weighted by Gasteiger charge is -2.26. The van der Waals surface area contributed by atoms with Gasteiger partial charge in [0.05, 0.1) is 22.9 Å². The van der Waals surface area contributed by atoms with Crippen molar-refractivity contribution in [2.75, 3.05) is 6.61 Å². The second-order valence-corrected chi connectivity index (χ2v) is 7.67. The smallest absolute Gasteiger partial charge is 0.251 e. The third-order valence-electron chi connectivity index (χ3n) is 4.82. The van der Waals surface area contributed by atoms with Crippen LogP contribution >= 0.6 is 11.3 Å². The molecule has 28 heavy (non-hydrogen) atoms. The molecule has 0 radical (unpaired) electrons. The Morgan fingerprint density at radius 2 is 2.07 bits per heavy atom. The van der Waals surface area contributed by atoms with Gasteiger partial charge in [-0.1, -0.05) is 18.2 Å². The number of benzene rings is 2. The third-order valence-corrected chi connectivity index (χ3v) is 5.91. The van der Waals surface area contributed by atoms with Crippen molar-refractivity contribution >= 4 is 27.5 Å². The summed E-state index contributed by atoms with van der Waals surface area (Å²) in [4.78, 5) is 21.7. The molecule has 2 aromatic heterocycles. The van der Waals surface area contributed by atoms with Crippen LogP contribution in [0.4, 0.5) is 0 Å². The number of pyridine rings is 1. The summed E-state index contributed by atoms with van der Waals surface area (Å²) in [7, 11) is 0. The van der Waals surface area contributed by atoms with Crippen molar-refractivity contribution in [3.63, 3.8) is 0 Å². The summed E-state index contributed by atoms with van der Waals surface area (Å²) in [6.45, 7) is 0.599. The molecule has 0 spiro atoms. The number of amides is 1. The monoisotopic (exact) mass is 387 g/mol. The Bertz CT molecular complexity index is 1160. The van der Waals surface area contributed by atoms with E-state index in [-0.39, 0.29) is 11.9 Å². The van der Waals surface area contributed by atoms with Gasteiger partial charge in [0.1, 0.15) is 10.8 Å². The van der Waals surface area contributed by atoms with E-state index in [0.717, 1.165) is 38.5 Å². The van der Waals surface area contributed by atoms with Crippen LogP contribution in [0.15, 0.2) is 67.0 Å². The summed E-state index contributed by atoms with van der Waals surface area (Å²) in [5.41, 5.74) is 3.44. The summed E-state index contributed by atoms with van der Waals surface area (Å²) < 4.78 is 6.73. The molecule has 1 aliphatic rings. The lowest BCUT2D eigenvalue weighted by Crippen LogP contribution is -2.32. The molecule has 0 aliphatic carbocycles. The maximum absolute atomic E-state index is 12.9. The number of carbonyl (C=O) groups is 1. The zero-order chi connectivity index (χ0) is 18.9. The molecule has 138 valence electrons. The van der Waals surface area contributed by atoms with Gasteiger partial charge in [0.15, 0.2) is 0 Å². The van der Waals surface area contributed by atoms with Crippen molar-refractivity contribution in [3.05, 3.63) is 78.1 Å². The van der Waals surface area contributed by atoms with Crippen LogP contribution in [0.2, 0.25) is 0 Å². The van der Waals surface area contributed by atoms with Gasteiger partial charge in [0.2, 0.25) is 0 Å². The molecule has 1 amide bonds. The Morgan fingerprint density at radius 1 is 1.14 bits per heavy atom. The minimum atomic E-state index is -0.0977. The Morgan fingerprint density at radius 3 is 2.96 bits per heavy atom. The molecule has 6 heteroatoms. The number of para-hydroxylation sites is 1. The number of rotatable bonds is 3. The standard InChI is InChI=1S/C22H17N3O2S/c26-21(24-17-9-11-27-19-6-2-1-5-16(17)19)14-7-8-20-18(12-14)25-22(28-20)15-4-3-10-23-13-15/h1-8,10,12-13,17H,9,11H2,(H,24,26)/t17-/m0/s1. The molecule has 1 atom stereocenters.